The zero-order valence-electron chi connectivity index (χ0n) is 11.8. The zero-order valence-corrected chi connectivity index (χ0v) is 13.9. The Bertz CT molecular complexity index is 777. The average Bonchev–Trinajstić information content (AvgIpc) is 2.51. The van der Waals surface area contributed by atoms with Crippen LogP contribution in [0.1, 0.15) is 11.1 Å². The molecule has 0 radical (unpaired) electrons. The van der Waals surface area contributed by atoms with Crippen LogP contribution in [0.25, 0.3) is 0 Å². The molecule has 1 amide bonds. The summed E-state index contributed by atoms with van der Waals surface area (Å²) in [5, 5.41) is 24.1. The summed E-state index contributed by atoms with van der Waals surface area (Å²) in [4.78, 5) is 22.2. The molecule has 118 valence electrons. The van der Waals surface area contributed by atoms with Gasteiger partial charge in [0.05, 0.1) is 21.1 Å². The van der Waals surface area contributed by atoms with Crippen molar-refractivity contribution in [1.82, 2.24) is 5.43 Å². The SMILES string of the molecule is O=C(Cc1ccccc1[N+](=O)[O-])NN=Cc1ccc(O)c(I)c1. The third-order valence-corrected chi connectivity index (χ3v) is 3.78. The summed E-state index contributed by atoms with van der Waals surface area (Å²) in [6, 6.07) is 10.9. The number of benzene rings is 2. The molecule has 7 nitrogen and oxygen atoms in total. The molecule has 0 aliphatic rings. The number of nitrogens with zero attached hydrogens (tertiary/aromatic N) is 2. The van der Waals surface area contributed by atoms with Crippen molar-refractivity contribution in [2.45, 2.75) is 6.42 Å². The van der Waals surface area contributed by atoms with Gasteiger partial charge >= 0.3 is 0 Å². The second kappa shape index (κ2) is 7.68. The Morgan fingerprint density at radius 1 is 1.35 bits per heavy atom. The monoisotopic (exact) mass is 425 g/mol. The first kappa shape index (κ1) is 16.9. The van der Waals surface area contributed by atoms with E-state index in [2.05, 4.69) is 10.5 Å². The third-order valence-electron chi connectivity index (χ3n) is 2.91. The van der Waals surface area contributed by atoms with E-state index >= 15 is 0 Å². The molecule has 0 saturated carbocycles. The molecule has 2 N–H and O–H groups in total. The number of carbonyl (C=O) groups is 1. The van der Waals surface area contributed by atoms with Crippen LogP contribution in [0.2, 0.25) is 0 Å². The van der Waals surface area contributed by atoms with Gasteiger partial charge in [-0.3, -0.25) is 14.9 Å². The van der Waals surface area contributed by atoms with E-state index < -0.39 is 10.8 Å². The van der Waals surface area contributed by atoms with Crippen LogP contribution in [-0.4, -0.2) is 22.2 Å². The molecule has 0 unspecified atom stereocenters. The highest BCUT2D eigenvalue weighted by Gasteiger charge is 2.14. The summed E-state index contributed by atoms with van der Waals surface area (Å²) in [5.74, 6) is -0.285. The van der Waals surface area contributed by atoms with E-state index in [9.17, 15) is 20.0 Å². The average molecular weight is 425 g/mol. The van der Waals surface area contributed by atoms with Crippen molar-refractivity contribution >= 4 is 40.4 Å². The number of hydrogen-bond acceptors (Lipinski definition) is 5. The van der Waals surface area contributed by atoms with E-state index in [0.29, 0.717) is 14.7 Å². The maximum absolute atomic E-state index is 11.8. The Balaban J connectivity index is 1.99. The number of amides is 1. The molecule has 0 atom stereocenters. The fraction of sp³-hybridized carbons (Fsp3) is 0.0667. The highest BCUT2D eigenvalue weighted by atomic mass is 127. The second-order valence-corrected chi connectivity index (χ2v) is 5.73. The standard InChI is InChI=1S/C15H12IN3O4/c16-12-7-10(5-6-14(12)20)9-17-18-15(21)8-11-3-1-2-4-13(11)19(22)23/h1-7,9,20H,8H2,(H,18,21). The van der Waals surface area contributed by atoms with E-state index in [-0.39, 0.29) is 17.9 Å². The largest absolute Gasteiger partial charge is 0.507 e. The lowest BCUT2D eigenvalue weighted by molar-refractivity contribution is -0.385. The number of phenolic OH excluding ortho intramolecular Hbond substituents is 1. The van der Waals surface area contributed by atoms with E-state index in [0.717, 1.165) is 0 Å². The number of halogens is 1. The van der Waals surface area contributed by atoms with Gasteiger partial charge < -0.3 is 5.11 Å². The van der Waals surface area contributed by atoms with Gasteiger partial charge in [-0.25, -0.2) is 5.43 Å². The van der Waals surface area contributed by atoms with Crippen molar-refractivity contribution in [1.29, 1.82) is 0 Å². The number of hydrazone groups is 1. The van der Waals surface area contributed by atoms with Crippen molar-refractivity contribution in [3.05, 3.63) is 67.3 Å². The van der Waals surface area contributed by atoms with Gasteiger partial charge in [0.15, 0.2) is 0 Å². The molecule has 0 fully saturated rings. The van der Waals surface area contributed by atoms with Gasteiger partial charge in [0.2, 0.25) is 5.91 Å². The van der Waals surface area contributed by atoms with Gasteiger partial charge in [-0.2, -0.15) is 5.10 Å². The van der Waals surface area contributed by atoms with Crippen molar-refractivity contribution in [2.24, 2.45) is 5.10 Å². The minimum absolute atomic E-state index is 0.0975. The summed E-state index contributed by atoms with van der Waals surface area (Å²) in [6.45, 7) is 0. The molecule has 0 heterocycles. The summed E-state index contributed by atoms with van der Waals surface area (Å²) < 4.78 is 0.665. The predicted octanol–water partition coefficient (Wildman–Crippen LogP) is 2.60. The zero-order chi connectivity index (χ0) is 16.8. The van der Waals surface area contributed by atoms with Crippen LogP contribution in [0.4, 0.5) is 5.69 Å². The number of aromatic hydroxyl groups is 1. The quantitative estimate of drug-likeness (QED) is 0.333. The number of carbonyl (C=O) groups excluding carboxylic acids is 1. The second-order valence-electron chi connectivity index (χ2n) is 4.57. The highest BCUT2D eigenvalue weighted by Crippen LogP contribution is 2.19. The minimum Gasteiger partial charge on any atom is -0.507 e. The van der Waals surface area contributed by atoms with Crippen LogP contribution < -0.4 is 5.43 Å². The molecule has 23 heavy (non-hydrogen) atoms. The first-order valence-electron chi connectivity index (χ1n) is 6.50. The van der Waals surface area contributed by atoms with Gasteiger partial charge in [-0.1, -0.05) is 18.2 Å². The van der Waals surface area contributed by atoms with Crippen LogP contribution in [0.3, 0.4) is 0 Å². The Kier molecular flexibility index (Phi) is 5.63. The number of nitro groups is 1. The number of para-hydroxylation sites is 1. The van der Waals surface area contributed by atoms with E-state index in [1.807, 2.05) is 22.6 Å². The van der Waals surface area contributed by atoms with Crippen LogP contribution in [0.5, 0.6) is 5.75 Å². The summed E-state index contributed by atoms with van der Waals surface area (Å²) in [7, 11) is 0. The lowest BCUT2D eigenvalue weighted by Crippen LogP contribution is -2.20. The van der Waals surface area contributed by atoms with Gasteiger partial charge in [0.25, 0.3) is 5.69 Å². The van der Waals surface area contributed by atoms with Crippen LogP contribution in [0.15, 0.2) is 47.6 Å². The van der Waals surface area contributed by atoms with Gasteiger partial charge in [0, 0.05) is 11.6 Å². The third kappa shape index (κ3) is 4.74. The highest BCUT2D eigenvalue weighted by molar-refractivity contribution is 14.1. The first-order valence-corrected chi connectivity index (χ1v) is 7.58. The lowest BCUT2D eigenvalue weighted by Gasteiger charge is -2.02. The van der Waals surface area contributed by atoms with Crippen molar-refractivity contribution < 1.29 is 14.8 Å². The number of nitro benzene ring substituents is 1. The molecule has 0 aliphatic heterocycles. The fourth-order valence-electron chi connectivity index (χ4n) is 1.83. The lowest BCUT2D eigenvalue weighted by atomic mass is 10.1. The van der Waals surface area contributed by atoms with E-state index in [1.54, 1.807) is 24.3 Å². The molecule has 2 aromatic carbocycles. The number of hydrogen-bond donors (Lipinski definition) is 2. The topological polar surface area (TPSA) is 105 Å². The van der Waals surface area contributed by atoms with E-state index in [4.69, 9.17) is 0 Å². The van der Waals surface area contributed by atoms with Crippen molar-refractivity contribution in [3.8, 4) is 5.75 Å². The summed E-state index contributed by atoms with van der Waals surface area (Å²) in [5.41, 5.74) is 3.26. The first-order chi connectivity index (χ1) is 11.0. The van der Waals surface area contributed by atoms with Crippen molar-refractivity contribution in [2.75, 3.05) is 0 Å². The molecule has 0 aromatic heterocycles. The number of nitrogens with one attached hydrogen (secondary N) is 1. The molecule has 0 aliphatic carbocycles. The summed E-state index contributed by atoms with van der Waals surface area (Å²) >= 11 is 1.98. The molecule has 2 rings (SSSR count). The van der Waals surface area contributed by atoms with Crippen LogP contribution in [-0.2, 0) is 11.2 Å². The number of rotatable bonds is 5. The maximum atomic E-state index is 11.8. The molecule has 8 heteroatoms. The molecule has 0 spiro atoms. The Labute approximate surface area is 145 Å². The van der Waals surface area contributed by atoms with Gasteiger partial charge in [-0.15, -0.1) is 0 Å². The van der Waals surface area contributed by atoms with Crippen LogP contribution >= 0.6 is 22.6 Å². The van der Waals surface area contributed by atoms with Crippen LogP contribution in [0, 0.1) is 13.7 Å². The Hall–Kier alpha value is -2.49. The Morgan fingerprint density at radius 2 is 2.09 bits per heavy atom. The predicted molar refractivity (Wildman–Crippen MR) is 93.4 cm³/mol. The molecule has 0 saturated heterocycles. The molecular weight excluding hydrogens is 413 g/mol. The molecule has 0 bridgehead atoms. The smallest absolute Gasteiger partial charge is 0.273 e. The minimum atomic E-state index is -0.524. The van der Waals surface area contributed by atoms with Gasteiger partial charge in [0.1, 0.15) is 5.75 Å². The molecular formula is C15H12IN3O4. The Morgan fingerprint density at radius 3 is 2.78 bits per heavy atom. The fourth-order valence-corrected chi connectivity index (χ4v) is 2.37. The van der Waals surface area contributed by atoms with Gasteiger partial charge in [-0.05, 0) is 46.4 Å². The van der Waals surface area contributed by atoms with Crippen molar-refractivity contribution in [3.63, 3.8) is 0 Å². The maximum Gasteiger partial charge on any atom is 0.273 e. The number of phenols is 1. The molecule has 2 aromatic rings. The summed E-state index contributed by atoms with van der Waals surface area (Å²) in [6.07, 6.45) is 1.29. The normalized spacial score (nSPS) is 10.7. The van der Waals surface area contributed by atoms with E-state index in [1.165, 1.54) is 24.4 Å².